The molecule has 0 radical (unpaired) electrons. The molecule has 56 heavy (non-hydrogen) atoms. The SMILES string of the molecule is Fc1ccc2ccc3c(N(c4cccc5c6ccccc6n(-c6ccccc6)c45)c4cccc5c6ccccc6n(-c6ccccc6)c45)ccc4ccc1c2c43. The lowest BCUT2D eigenvalue weighted by atomic mass is 9.92. The Kier molecular flexibility index (Phi) is 6.52. The van der Waals surface area contributed by atoms with Crippen molar-refractivity contribution in [3.8, 4) is 11.4 Å². The van der Waals surface area contributed by atoms with Crippen LogP contribution in [0.15, 0.2) is 194 Å². The second kappa shape index (κ2) is 11.8. The Balaban J connectivity index is 1.29. The summed E-state index contributed by atoms with van der Waals surface area (Å²) in [4.78, 5) is 2.46. The first-order valence-corrected chi connectivity index (χ1v) is 19.1. The molecule has 4 heteroatoms. The van der Waals surface area contributed by atoms with E-state index in [4.69, 9.17) is 0 Å². The van der Waals surface area contributed by atoms with Crippen molar-refractivity contribution in [1.82, 2.24) is 9.13 Å². The number of hydrogen-bond acceptors (Lipinski definition) is 1. The van der Waals surface area contributed by atoms with E-state index in [2.05, 4.69) is 190 Å². The Hall–Kier alpha value is -7.43. The number of nitrogens with zero attached hydrogens (tertiary/aromatic N) is 3. The minimum atomic E-state index is -0.205. The Morgan fingerprint density at radius 3 is 1.34 bits per heavy atom. The minimum Gasteiger partial charge on any atom is -0.307 e. The van der Waals surface area contributed by atoms with Crippen molar-refractivity contribution in [2.45, 2.75) is 0 Å². The van der Waals surface area contributed by atoms with Gasteiger partial charge in [0, 0.05) is 49.1 Å². The molecule has 0 aliphatic heterocycles. The molecule has 2 heterocycles. The van der Waals surface area contributed by atoms with Crippen molar-refractivity contribution in [1.29, 1.82) is 0 Å². The molecule has 12 aromatic rings. The third-order valence-corrected chi connectivity index (χ3v) is 11.7. The van der Waals surface area contributed by atoms with E-state index < -0.39 is 0 Å². The van der Waals surface area contributed by atoms with Crippen molar-refractivity contribution in [3.63, 3.8) is 0 Å². The molecule has 0 bridgehead atoms. The van der Waals surface area contributed by atoms with Gasteiger partial charge in [-0.2, -0.15) is 0 Å². The largest absolute Gasteiger partial charge is 0.307 e. The highest BCUT2D eigenvalue weighted by Crippen LogP contribution is 2.50. The fourth-order valence-corrected chi connectivity index (χ4v) is 9.39. The van der Waals surface area contributed by atoms with Gasteiger partial charge in [-0.15, -0.1) is 0 Å². The molecule has 0 fully saturated rings. The number of rotatable bonds is 5. The second-order valence-corrected chi connectivity index (χ2v) is 14.6. The highest BCUT2D eigenvalue weighted by Gasteiger charge is 2.27. The molecule has 262 valence electrons. The molecule has 10 aromatic carbocycles. The maximum atomic E-state index is 15.6. The average Bonchev–Trinajstić information content (AvgIpc) is 3.79. The standard InChI is InChI=1S/C52H32FN3/c53-43-31-27-33-26-30-42-46(32-28-34-25-29-41(43)49(33)50(34)42)56(47-23-11-19-39-37-17-7-9-21-44(37)54(51(39)47)35-13-3-1-4-14-35)48-24-12-20-40-38-18-8-10-22-45(38)55(52(40)48)36-15-5-2-6-16-36/h1-32H. The van der Waals surface area contributed by atoms with Crippen molar-refractivity contribution >= 4 is 93.0 Å². The lowest BCUT2D eigenvalue weighted by molar-refractivity contribution is 0.640. The molecular weight excluding hydrogens is 686 g/mol. The van der Waals surface area contributed by atoms with Crippen LogP contribution in [0.5, 0.6) is 0 Å². The van der Waals surface area contributed by atoms with Crippen LogP contribution in [0.25, 0.3) is 87.3 Å². The molecule has 0 unspecified atom stereocenters. The number of fused-ring (bicyclic) bond motifs is 6. The van der Waals surface area contributed by atoms with Crippen molar-refractivity contribution in [2.24, 2.45) is 0 Å². The predicted molar refractivity (Wildman–Crippen MR) is 233 cm³/mol. The van der Waals surface area contributed by atoms with Gasteiger partial charge in [0.15, 0.2) is 0 Å². The molecule has 0 saturated heterocycles. The van der Waals surface area contributed by atoms with Crippen LogP contribution in [-0.4, -0.2) is 9.13 Å². The molecule has 0 saturated carbocycles. The van der Waals surface area contributed by atoms with Gasteiger partial charge >= 0.3 is 0 Å². The molecule has 0 amide bonds. The van der Waals surface area contributed by atoms with E-state index >= 15 is 4.39 Å². The molecule has 0 aliphatic carbocycles. The van der Waals surface area contributed by atoms with Gasteiger partial charge in [-0.3, -0.25) is 0 Å². The molecule has 3 nitrogen and oxygen atoms in total. The normalized spacial score (nSPS) is 12.0. The van der Waals surface area contributed by atoms with E-state index in [0.717, 1.165) is 77.4 Å². The van der Waals surface area contributed by atoms with Crippen molar-refractivity contribution < 1.29 is 4.39 Å². The van der Waals surface area contributed by atoms with E-state index in [1.54, 1.807) is 6.07 Å². The maximum absolute atomic E-state index is 15.6. The summed E-state index contributed by atoms with van der Waals surface area (Å²) >= 11 is 0. The molecular formula is C52H32FN3. The number of anilines is 3. The Labute approximate surface area is 321 Å². The van der Waals surface area contributed by atoms with Crippen molar-refractivity contribution in [2.75, 3.05) is 4.90 Å². The van der Waals surface area contributed by atoms with E-state index in [0.29, 0.717) is 5.39 Å². The number of halogens is 1. The summed E-state index contributed by atoms with van der Waals surface area (Å²) in [7, 11) is 0. The van der Waals surface area contributed by atoms with Gasteiger partial charge in [0.1, 0.15) is 5.82 Å². The van der Waals surface area contributed by atoms with E-state index in [9.17, 15) is 0 Å². The topological polar surface area (TPSA) is 13.1 Å². The summed E-state index contributed by atoms with van der Waals surface area (Å²) < 4.78 is 20.4. The average molecular weight is 718 g/mol. The molecule has 0 N–H and O–H groups in total. The Morgan fingerprint density at radius 1 is 0.321 bits per heavy atom. The highest BCUT2D eigenvalue weighted by molar-refractivity contribution is 6.27. The third kappa shape index (κ3) is 4.27. The van der Waals surface area contributed by atoms with Gasteiger partial charge in [0.2, 0.25) is 0 Å². The van der Waals surface area contributed by atoms with Crippen LogP contribution in [0.1, 0.15) is 0 Å². The fourth-order valence-electron chi connectivity index (χ4n) is 9.39. The number of para-hydroxylation sites is 6. The van der Waals surface area contributed by atoms with Gasteiger partial charge in [0.05, 0.1) is 39.1 Å². The summed E-state index contributed by atoms with van der Waals surface area (Å²) in [6.45, 7) is 0. The van der Waals surface area contributed by atoms with Gasteiger partial charge in [-0.25, -0.2) is 4.39 Å². The molecule has 0 atom stereocenters. The lowest BCUT2D eigenvalue weighted by Crippen LogP contribution is -2.14. The first kappa shape index (κ1) is 31.0. The van der Waals surface area contributed by atoms with E-state index in [1.807, 2.05) is 12.1 Å². The molecule has 0 aliphatic rings. The predicted octanol–water partition coefficient (Wildman–Crippen LogP) is 14.4. The zero-order chi connectivity index (χ0) is 36.9. The molecule has 12 rings (SSSR count). The molecule has 0 spiro atoms. The number of hydrogen-bond donors (Lipinski definition) is 0. The van der Waals surface area contributed by atoms with E-state index in [-0.39, 0.29) is 5.82 Å². The zero-order valence-electron chi connectivity index (χ0n) is 30.2. The summed E-state index contributed by atoms with van der Waals surface area (Å²) in [5.41, 5.74) is 9.79. The summed E-state index contributed by atoms with van der Waals surface area (Å²) in [5.74, 6) is -0.205. The van der Waals surface area contributed by atoms with Crippen LogP contribution in [0.3, 0.4) is 0 Å². The highest BCUT2D eigenvalue weighted by atomic mass is 19.1. The lowest BCUT2D eigenvalue weighted by Gasteiger charge is -2.30. The van der Waals surface area contributed by atoms with Crippen molar-refractivity contribution in [3.05, 3.63) is 200 Å². The first-order valence-electron chi connectivity index (χ1n) is 19.1. The van der Waals surface area contributed by atoms with E-state index in [1.165, 1.54) is 21.5 Å². The van der Waals surface area contributed by atoms with Crippen LogP contribution in [0.4, 0.5) is 21.5 Å². The quantitative estimate of drug-likeness (QED) is 0.162. The zero-order valence-corrected chi connectivity index (χ0v) is 30.2. The van der Waals surface area contributed by atoms with Gasteiger partial charge in [-0.1, -0.05) is 133 Å². The van der Waals surface area contributed by atoms with Crippen LogP contribution in [0.2, 0.25) is 0 Å². The summed E-state index contributed by atoms with van der Waals surface area (Å²) in [6.07, 6.45) is 0. The minimum absolute atomic E-state index is 0.205. The monoisotopic (exact) mass is 717 g/mol. The maximum Gasteiger partial charge on any atom is 0.131 e. The van der Waals surface area contributed by atoms with Gasteiger partial charge < -0.3 is 14.0 Å². The number of benzene rings is 10. The summed E-state index contributed by atoms with van der Waals surface area (Å²) in [5, 5.41) is 10.5. The Morgan fingerprint density at radius 2 is 0.768 bits per heavy atom. The van der Waals surface area contributed by atoms with Crippen LogP contribution in [0, 0.1) is 5.82 Å². The smallest absolute Gasteiger partial charge is 0.131 e. The second-order valence-electron chi connectivity index (χ2n) is 14.6. The third-order valence-electron chi connectivity index (χ3n) is 11.7. The Bertz CT molecular complexity index is 3330. The summed E-state index contributed by atoms with van der Waals surface area (Å²) in [6, 6.07) is 68.4. The first-order chi connectivity index (χ1) is 27.7. The van der Waals surface area contributed by atoms with Gasteiger partial charge in [0.25, 0.3) is 0 Å². The fraction of sp³-hybridized carbons (Fsp3) is 0. The van der Waals surface area contributed by atoms with Crippen LogP contribution < -0.4 is 4.90 Å². The number of aromatic nitrogens is 2. The van der Waals surface area contributed by atoms with Crippen LogP contribution >= 0.6 is 0 Å². The van der Waals surface area contributed by atoms with Gasteiger partial charge in [-0.05, 0) is 76.8 Å². The van der Waals surface area contributed by atoms with Crippen LogP contribution in [-0.2, 0) is 0 Å². The molecule has 2 aromatic heterocycles.